The van der Waals surface area contributed by atoms with E-state index in [1.54, 1.807) is 6.07 Å². The van der Waals surface area contributed by atoms with Gasteiger partial charge in [-0.15, -0.1) is 0 Å². The molecular formula is C29H34N5O7P. The summed E-state index contributed by atoms with van der Waals surface area (Å²) in [7, 11) is -4.32. The minimum absolute atomic E-state index is 0.0534. The van der Waals surface area contributed by atoms with Gasteiger partial charge in [0.25, 0.3) is 5.91 Å². The smallest absolute Gasteiger partial charge is 0.381 e. The molecule has 1 aromatic heterocycles. The van der Waals surface area contributed by atoms with Crippen LogP contribution in [0.15, 0.2) is 72.8 Å². The van der Waals surface area contributed by atoms with Crippen molar-refractivity contribution in [3.05, 3.63) is 84.1 Å². The van der Waals surface area contributed by atoms with Crippen LogP contribution in [0, 0.1) is 0 Å². The molecule has 2 atom stereocenters. The molecule has 13 heteroatoms. The van der Waals surface area contributed by atoms with Crippen LogP contribution in [-0.4, -0.2) is 77.7 Å². The molecule has 0 bridgehead atoms. The molecule has 12 nitrogen and oxygen atoms in total. The molecule has 2 heterocycles. The summed E-state index contributed by atoms with van der Waals surface area (Å²) in [5.41, 5.74) is 2.81. The highest BCUT2D eigenvalue weighted by Gasteiger charge is 2.35. The number of benzene rings is 2. The topological polar surface area (TPSA) is 159 Å². The van der Waals surface area contributed by atoms with Gasteiger partial charge in [-0.1, -0.05) is 60.7 Å². The molecule has 2 amide bonds. The molecule has 2 unspecified atom stereocenters. The Bertz CT molecular complexity index is 1420. The summed E-state index contributed by atoms with van der Waals surface area (Å²) in [5, 5.41) is 8.81. The third-order valence-corrected chi connectivity index (χ3v) is 7.85. The lowest BCUT2D eigenvalue weighted by Gasteiger charge is -2.27. The van der Waals surface area contributed by atoms with Gasteiger partial charge in [0.15, 0.2) is 0 Å². The summed E-state index contributed by atoms with van der Waals surface area (Å²) in [6, 6.07) is 20.6. The van der Waals surface area contributed by atoms with Gasteiger partial charge in [-0.2, -0.15) is 0 Å². The fourth-order valence-corrected chi connectivity index (χ4v) is 5.48. The van der Waals surface area contributed by atoms with Gasteiger partial charge in [0.2, 0.25) is 0 Å². The first-order valence-electron chi connectivity index (χ1n) is 13.6. The molecule has 4 rings (SSSR count). The molecule has 2 aromatic carbocycles. The highest BCUT2D eigenvalue weighted by Crippen LogP contribution is 2.42. The molecule has 0 aliphatic carbocycles. The third-order valence-electron chi connectivity index (χ3n) is 6.36. The Morgan fingerprint density at radius 2 is 1.71 bits per heavy atom. The number of piperazine rings is 1. The monoisotopic (exact) mass is 595 g/mol. The molecule has 4 N–H and O–H groups in total. The average Bonchev–Trinajstić information content (AvgIpc) is 3.00. The number of pyridine rings is 1. The van der Waals surface area contributed by atoms with Crippen molar-refractivity contribution in [2.24, 2.45) is 0 Å². The number of esters is 1. The van der Waals surface area contributed by atoms with E-state index in [1.165, 1.54) is 17.9 Å². The van der Waals surface area contributed by atoms with Crippen molar-refractivity contribution in [2.75, 3.05) is 44.3 Å². The van der Waals surface area contributed by atoms with Crippen LogP contribution >= 0.6 is 7.60 Å². The minimum Gasteiger partial charge on any atom is -0.381 e. The predicted molar refractivity (Wildman–Crippen MR) is 157 cm³/mol. The Kier molecular flexibility index (Phi) is 10.8. The van der Waals surface area contributed by atoms with Gasteiger partial charge >= 0.3 is 19.7 Å². The van der Waals surface area contributed by atoms with Crippen molar-refractivity contribution in [1.82, 2.24) is 20.5 Å². The molecule has 3 aromatic rings. The normalized spacial score (nSPS) is 15.2. The first-order valence-corrected chi connectivity index (χ1v) is 15.3. The number of carbonyl (C=O) groups excluding carboxylic acids is 3. The molecule has 0 saturated carbocycles. The Hall–Kier alpha value is -4.09. The molecule has 42 heavy (non-hydrogen) atoms. The lowest BCUT2D eigenvalue weighted by molar-refractivity contribution is -0.140. The van der Waals surface area contributed by atoms with Gasteiger partial charge in [-0.3, -0.25) is 9.36 Å². The Labute approximate surface area is 244 Å². The standard InChI is InChI=1S/C29H34N5O7P/c1-2-40-42(38,39)20-26(28(36)41-29(37)34-15-13-30-14-16-34)33-27(35)25-18-23(31-19-21-9-5-3-6-10-21)17-24(32-25)22-11-7-4-8-12-22/h3-12,17-18,26,30H,2,13-16,19-20H2,1H3,(H,31,32)(H,33,35)(H,38,39). The number of hydrogen-bond donors (Lipinski definition) is 4. The number of aromatic nitrogens is 1. The maximum atomic E-state index is 13.5. The summed E-state index contributed by atoms with van der Waals surface area (Å²) in [6.45, 7) is 3.62. The van der Waals surface area contributed by atoms with E-state index < -0.39 is 37.8 Å². The Balaban J connectivity index is 1.58. The van der Waals surface area contributed by atoms with Crippen LogP contribution in [0.1, 0.15) is 23.0 Å². The molecular weight excluding hydrogens is 561 g/mol. The average molecular weight is 596 g/mol. The fraction of sp³-hybridized carbons (Fsp3) is 0.310. The molecule has 1 aliphatic heterocycles. The second kappa shape index (κ2) is 14.7. The number of hydrogen-bond acceptors (Lipinski definition) is 9. The van der Waals surface area contributed by atoms with E-state index in [-0.39, 0.29) is 12.3 Å². The molecule has 1 saturated heterocycles. The summed E-state index contributed by atoms with van der Waals surface area (Å²) in [5.74, 6) is -1.98. The van der Waals surface area contributed by atoms with E-state index in [2.05, 4.69) is 20.9 Å². The number of ether oxygens (including phenoxy) is 1. The largest absolute Gasteiger partial charge is 0.417 e. The highest BCUT2D eigenvalue weighted by molar-refractivity contribution is 7.52. The summed E-state index contributed by atoms with van der Waals surface area (Å²) >= 11 is 0. The number of amides is 2. The van der Waals surface area contributed by atoms with Gasteiger partial charge in [0.05, 0.1) is 18.5 Å². The zero-order chi connectivity index (χ0) is 30.0. The minimum atomic E-state index is -4.32. The first kappa shape index (κ1) is 30.9. The summed E-state index contributed by atoms with van der Waals surface area (Å²) in [6.07, 6.45) is -1.70. The van der Waals surface area contributed by atoms with E-state index in [9.17, 15) is 23.8 Å². The van der Waals surface area contributed by atoms with Crippen molar-refractivity contribution in [3.63, 3.8) is 0 Å². The van der Waals surface area contributed by atoms with Gasteiger partial charge < -0.3 is 35.0 Å². The van der Waals surface area contributed by atoms with Crippen molar-refractivity contribution in [3.8, 4) is 11.3 Å². The molecule has 1 fully saturated rings. The number of anilines is 1. The van der Waals surface area contributed by atoms with Crippen molar-refractivity contribution in [1.29, 1.82) is 0 Å². The highest BCUT2D eigenvalue weighted by atomic mass is 31.2. The molecule has 1 aliphatic rings. The zero-order valence-electron chi connectivity index (χ0n) is 23.2. The molecule has 222 valence electrons. The van der Waals surface area contributed by atoms with Crippen LogP contribution in [0.25, 0.3) is 11.3 Å². The van der Waals surface area contributed by atoms with E-state index in [0.29, 0.717) is 44.1 Å². The van der Waals surface area contributed by atoms with Gasteiger partial charge in [0.1, 0.15) is 11.7 Å². The van der Waals surface area contributed by atoms with E-state index in [1.807, 2.05) is 60.7 Å². The quantitative estimate of drug-likeness (QED) is 0.147. The van der Waals surface area contributed by atoms with Crippen molar-refractivity contribution < 1.29 is 33.1 Å². The first-order chi connectivity index (χ1) is 20.2. The summed E-state index contributed by atoms with van der Waals surface area (Å²) in [4.78, 5) is 55.2. The fourth-order valence-electron chi connectivity index (χ4n) is 4.27. The van der Waals surface area contributed by atoms with E-state index >= 15 is 0 Å². The van der Waals surface area contributed by atoms with Crippen molar-refractivity contribution in [2.45, 2.75) is 19.5 Å². The van der Waals surface area contributed by atoms with E-state index in [4.69, 9.17) is 9.26 Å². The lowest BCUT2D eigenvalue weighted by atomic mass is 10.1. The second-order valence-electron chi connectivity index (χ2n) is 9.52. The second-order valence-corrected chi connectivity index (χ2v) is 11.4. The maximum absolute atomic E-state index is 13.5. The maximum Gasteiger partial charge on any atom is 0.417 e. The number of carbonyl (C=O) groups is 3. The van der Waals surface area contributed by atoms with Crippen LogP contribution in [0.5, 0.6) is 0 Å². The van der Waals surface area contributed by atoms with Crippen LogP contribution in [-0.2, 0) is 25.2 Å². The number of nitrogens with zero attached hydrogens (tertiary/aromatic N) is 2. The molecule has 0 radical (unpaired) electrons. The Morgan fingerprint density at radius 3 is 2.38 bits per heavy atom. The lowest BCUT2D eigenvalue weighted by Crippen LogP contribution is -2.50. The van der Waals surface area contributed by atoms with Gasteiger partial charge in [-0.25, -0.2) is 14.6 Å². The van der Waals surface area contributed by atoms with Crippen LogP contribution in [0.2, 0.25) is 0 Å². The Morgan fingerprint density at radius 1 is 1.05 bits per heavy atom. The predicted octanol–water partition coefficient (Wildman–Crippen LogP) is 3.25. The number of nitrogens with one attached hydrogen (secondary N) is 3. The van der Waals surface area contributed by atoms with Gasteiger partial charge in [-0.05, 0) is 24.6 Å². The summed E-state index contributed by atoms with van der Waals surface area (Å²) < 4.78 is 22.5. The van der Waals surface area contributed by atoms with Crippen LogP contribution < -0.4 is 16.0 Å². The van der Waals surface area contributed by atoms with Crippen LogP contribution in [0.3, 0.4) is 0 Å². The van der Waals surface area contributed by atoms with E-state index in [0.717, 1.165) is 11.1 Å². The zero-order valence-corrected chi connectivity index (χ0v) is 24.1. The van der Waals surface area contributed by atoms with Gasteiger partial charge in [0, 0.05) is 44.0 Å². The van der Waals surface area contributed by atoms with Crippen LogP contribution in [0.4, 0.5) is 10.5 Å². The molecule has 0 spiro atoms. The number of rotatable bonds is 11. The third kappa shape index (κ3) is 8.95. The SMILES string of the molecule is CCOP(=O)(O)CC(NC(=O)c1cc(NCc2ccccc2)cc(-c2ccccc2)n1)C(=O)OC(=O)N1CCNCC1. The van der Waals surface area contributed by atoms with Crippen molar-refractivity contribution >= 4 is 31.3 Å².